The van der Waals surface area contributed by atoms with Gasteiger partial charge in [0.1, 0.15) is 0 Å². The number of fused-ring (bicyclic) bond motifs is 1. The summed E-state index contributed by atoms with van der Waals surface area (Å²) in [6.07, 6.45) is 8.68. The lowest BCUT2D eigenvalue weighted by atomic mass is 9.82. The molecule has 1 aromatic heterocycles. The van der Waals surface area contributed by atoms with Gasteiger partial charge in [-0.25, -0.2) is 4.79 Å². The number of anilines is 2. The van der Waals surface area contributed by atoms with Gasteiger partial charge in [-0.05, 0) is 56.2 Å². The second-order valence-corrected chi connectivity index (χ2v) is 9.26. The van der Waals surface area contributed by atoms with Crippen molar-refractivity contribution >= 4 is 23.4 Å². The molecule has 2 fully saturated rings. The molecule has 0 radical (unpaired) electrons. The van der Waals surface area contributed by atoms with Crippen LogP contribution in [-0.2, 0) is 9.53 Å². The van der Waals surface area contributed by atoms with E-state index < -0.39 is 6.09 Å². The molecule has 2 aliphatic heterocycles. The summed E-state index contributed by atoms with van der Waals surface area (Å²) in [4.78, 5) is 28.3. The highest BCUT2D eigenvalue weighted by Crippen LogP contribution is 2.40. The van der Waals surface area contributed by atoms with Crippen molar-refractivity contribution in [1.29, 1.82) is 0 Å². The number of hydrogen-bond acceptors (Lipinski definition) is 4. The fourth-order valence-electron chi connectivity index (χ4n) is 5.04. The maximum Gasteiger partial charge on any atom is 0.411 e. The minimum Gasteiger partial charge on any atom is -0.465 e. The number of amides is 2. The van der Waals surface area contributed by atoms with E-state index in [1.807, 2.05) is 47.1 Å². The number of rotatable bonds is 4. The SMILES string of the molecule is C[C@H]1CN(C(=O)O)c2cc(-c3cnn(C4CCOCC4)c3)ccc2N1C(=O)CC1CCC1. The molecule has 1 saturated heterocycles. The van der Waals surface area contributed by atoms with Gasteiger partial charge in [-0.2, -0.15) is 5.10 Å². The Kier molecular flexibility index (Phi) is 5.63. The molecule has 5 rings (SSSR count). The molecular weight excluding hydrogens is 408 g/mol. The maximum absolute atomic E-state index is 13.1. The summed E-state index contributed by atoms with van der Waals surface area (Å²) in [5.74, 6) is 0.555. The van der Waals surface area contributed by atoms with Crippen LogP contribution in [0.5, 0.6) is 0 Å². The number of carbonyl (C=O) groups excluding carboxylic acids is 1. The molecule has 2 aromatic rings. The molecule has 3 aliphatic rings. The molecule has 1 saturated carbocycles. The van der Waals surface area contributed by atoms with E-state index in [1.54, 1.807) is 0 Å². The summed E-state index contributed by atoms with van der Waals surface area (Å²) < 4.78 is 7.44. The second-order valence-electron chi connectivity index (χ2n) is 9.26. The topological polar surface area (TPSA) is 87.9 Å². The summed E-state index contributed by atoms with van der Waals surface area (Å²) >= 11 is 0. The first kappa shape index (κ1) is 21.0. The summed E-state index contributed by atoms with van der Waals surface area (Å²) in [5, 5.41) is 14.4. The van der Waals surface area contributed by atoms with E-state index >= 15 is 0 Å². The Morgan fingerprint density at radius 2 is 1.91 bits per heavy atom. The fraction of sp³-hybridized carbons (Fsp3) is 0.542. The fourth-order valence-corrected chi connectivity index (χ4v) is 5.04. The van der Waals surface area contributed by atoms with Gasteiger partial charge in [-0.1, -0.05) is 12.5 Å². The molecule has 0 unspecified atom stereocenters. The van der Waals surface area contributed by atoms with Crippen molar-refractivity contribution in [3.05, 3.63) is 30.6 Å². The van der Waals surface area contributed by atoms with Crippen molar-refractivity contribution in [1.82, 2.24) is 9.78 Å². The van der Waals surface area contributed by atoms with Gasteiger partial charge >= 0.3 is 6.09 Å². The van der Waals surface area contributed by atoms with Gasteiger partial charge in [0.05, 0.1) is 29.7 Å². The molecule has 1 aromatic carbocycles. The maximum atomic E-state index is 13.1. The Bertz CT molecular complexity index is 1010. The zero-order valence-electron chi connectivity index (χ0n) is 18.4. The van der Waals surface area contributed by atoms with Crippen LogP contribution < -0.4 is 9.80 Å². The van der Waals surface area contributed by atoms with Crippen LogP contribution in [0.1, 0.15) is 51.5 Å². The van der Waals surface area contributed by atoms with Gasteiger partial charge < -0.3 is 14.7 Å². The largest absolute Gasteiger partial charge is 0.465 e. The highest BCUT2D eigenvalue weighted by Gasteiger charge is 2.36. The van der Waals surface area contributed by atoms with E-state index in [0.29, 0.717) is 29.8 Å². The number of carboxylic acid groups (broad SMARTS) is 1. The first-order valence-electron chi connectivity index (χ1n) is 11.6. The Morgan fingerprint density at radius 3 is 2.59 bits per heavy atom. The molecule has 32 heavy (non-hydrogen) atoms. The molecule has 0 spiro atoms. The molecule has 8 heteroatoms. The molecule has 1 N–H and O–H groups in total. The number of ether oxygens (including phenoxy) is 1. The van der Waals surface area contributed by atoms with Crippen LogP contribution in [0.15, 0.2) is 30.6 Å². The number of nitrogens with zero attached hydrogens (tertiary/aromatic N) is 4. The predicted molar refractivity (Wildman–Crippen MR) is 121 cm³/mol. The van der Waals surface area contributed by atoms with E-state index in [4.69, 9.17) is 4.74 Å². The standard InChI is InChI=1S/C24H30N4O4/c1-16-14-26(24(30)31)22-12-18(19-13-25-27(15-19)20-7-9-32-10-8-20)5-6-21(22)28(16)23(29)11-17-3-2-4-17/h5-6,12-13,15-17,20H,2-4,7-11,14H2,1H3,(H,30,31)/t16-/m0/s1. The average molecular weight is 439 g/mol. The molecule has 1 atom stereocenters. The smallest absolute Gasteiger partial charge is 0.411 e. The Labute approximate surface area is 187 Å². The van der Waals surface area contributed by atoms with Gasteiger partial charge in [0.25, 0.3) is 0 Å². The zero-order chi connectivity index (χ0) is 22.2. The van der Waals surface area contributed by atoms with Crippen molar-refractivity contribution < 1.29 is 19.4 Å². The van der Waals surface area contributed by atoms with Crippen LogP contribution >= 0.6 is 0 Å². The third-order valence-corrected chi connectivity index (χ3v) is 7.10. The van der Waals surface area contributed by atoms with E-state index in [-0.39, 0.29) is 18.5 Å². The second kappa shape index (κ2) is 8.58. The lowest BCUT2D eigenvalue weighted by Crippen LogP contribution is -2.52. The van der Waals surface area contributed by atoms with E-state index in [2.05, 4.69) is 5.10 Å². The van der Waals surface area contributed by atoms with E-state index in [1.165, 1.54) is 11.3 Å². The lowest BCUT2D eigenvalue weighted by molar-refractivity contribution is -0.120. The molecule has 2 amide bonds. The van der Waals surface area contributed by atoms with Crippen LogP contribution in [0.2, 0.25) is 0 Å². The summed E-state index contributed by atoms with van der Waals surface area (Å²) in [7, 11) is 0. The van der Waals surface area contributed by atoms with E-state index in [0.717, 1.165) is 50.0 Å². The Balaban J connectivity index is 1.46. The molecule has 170 valence electrons. The van der Waals surface area contributed by atoms with Gasteiger partial charge in [-0.3, -0.25) is 14.4 Å². The molecule has 0 bridgehead atoms. The Hall–Kier alpha value is -2.87. The Morgan fingerprint density at radius 1 is 1.12 bits per heavy atom. The highest BCUT2D eigenvalue weighted by atomic mass is 16.5. The van der Waals surface area contributed by atoms with Gasteiger partial charge in [-0.15, -0.1) is 0 Å². The van der Waals surface area contributed by atoms with Crippen molar-refractivity contribution in [2.24, 2.45) is 5.92 Å². The lowest BCUT2D eigenvalue weighted by Gasteiger charge is -2.41. The van der Waals surface area contributed by atoms with Crippen LogP contribution in [0, 0.1) is 5.92 Å². The van der Waals surface area contributed by atoms with Crippen molar-refractivity contribution in [2.75, 3.05) is 29.6 Å². The van der Waals surface area contributed by atoms with Gasteiger partial charge in [0.15, 0.2) is 0 Å². The third-order valence-electron chi connectivity index (χ3n) is 7.10. The van der Waals surface area contributed by atoms with Crippen LogP contribution in [0.3, 0.4) is 0 Å². The van der Waals surface area contributed by atoms with Crippen molar-refractivity contribution in [3.8, 4) is 11.1 Å². The van der Waals surface area contributed by atoms with Crippen LogP contribution in [0.4, 0.5) is 16.2 Å². The van der Waals surface area contributed by atoms with E-state index in [9.17, 15) is 14.7 Å². The van der Waals surface area contributed by atoms with Crippen molar-refractivity contribution in [2.45, 2.75) is 57.5 Å². The summed E-state index contributed by atoms with van der Waals surface area (Å²) in [6.45, 7) is 3.68. The molecular formula is C24H30N4O4. The molecule has 1 aliphatic carbocycles. The first-order valence-corrected chi connectivity index (χ1v) is 11.6. The number of aromatic nitrogens is 2. The van der Waals surface area contributed by atoms with Crippen molar-refractivity contribution in [3.63, 3.8) is 0 Å². The summed E-state index contributed by atoms with van der Waals surface area (Å²) in [6, 6.07) is 5.86. The first-order chi connectivity index (χ1) is 15.5. The number of benzene rings is 1. The van der Waals surface area contributed by atoms with Gasteiger partial charge in [0.2, 0.25) is 5.91 Å². The quantitative estimate of drug-likeness (QED) is 0.768. The number of hydrogen-bond donors (Lipinski definition) is 1. The monoisotopic (exact) mass is 438 g/mol. The van der Waals surface area contributed by atoms with Gasteiger partial charge in [0, 0.05) is 37.9 Å². The minimum absolute atomic E-state index is 0.0913. The summed E-state index contributed by atoms with van der Waals surface area (Å²) in [5.41, 5.74) is 3.08. The highest BCUT2D eigenvalue weighted by molar-refractivity contribution is 6.03. The van der Waals surface area contributed by atoms with Crippen LogP contribution in [-0.4, -0.2) is 52.7 Å². The molecule has 3 heterocycles. The molecule has 8 nitrogen and oxygen atoms in total. The minimum atomic E-state index is -1.00. The number of carbonyl (C=O) groups is 2. The zero-order valence-corrected chi connectivity index (χ0v) is 18.4. The average Bonchev–Trinajstić information content (AvgIpc) is 3.26. The van der Waals surface area contributed by atoms with Crippen LogP contribution in [0.25, 0.3) is 11.1 Å². The normalized spacial score (nSPS) is 21.8. The third kappa shape index (κ3) is 3.88. The predicted octanol–water partition coefficient (Wildman–Crippen LogP) is 4.31.